The predicted octanol–water partition coefficient (Wildman–Crippen LogP) is 1.51. The average Bonchev–Trinajstić information content (AvgIpc) is 2.36. The number of hydrogen-bond donors (Lipinski definition) is 2. The highest BCUT2D eigenvalue weighted by Crippen LogP contribution is 2.35. The number of benzene rings is 1. The van der Waals surface area contributed by atoms with Gasteiger partial charge in [0.15, 0.2) is 5.75 Å². The van der Waals surface area contributed by atoms with Crippen LogP contribution in [0.5, 0.6) is 5.75 Å². The lowest BCUT2D eigenvalue weighted by atomic mass is 9.75. The van der Waals surface area contributed by atoms with Crippen molar-refractivity contribution in [3.63, 3.8) is 0 Å². The summed E-state index contributed by atoms with van der Waals surface area (Å²) >= 11 is 0. The van der Waals surface area contributed by atoms with Crippen LogP contribution in [0.25, 0.3) is 0 Å². The molecule has 0 spiro atoms. The summed E-state index contributed by atoms with van der Waals surface area (Å²) in [5, 5.41) is 23.0. The number of hydrogen-bond acceptors (Lipinski definition) is 5. The first-order chi connectivity index (χ1) is 9.85. The molecule has 1 aliphatic rings. The minimum absolute atomic E-state index is 0.00151. The molecule has 0 heterocycles. The second-order valence-electron chi connectivity index (χ2n) is 5.62. The molecule has 0 atom stereocenters. The molecule has 1 aromatic rings. The summed E-state index contributed by atoms with van der Waals surface area (Å²) in [6, 6.07) is 3.60. The molecule has 0 bridgehead atoms. The largest absolute Gasteiger partial charge is 0.502 e. The van der Waals surface area contributed by atoms with Gasteiger partial charge in [0.25, 0.3) is 5.91 Å². The monoisotopic (exact) mass is 293 g/mol. The van der Waals surface area contributed by atoms with E-state index in [1.807, 2.05) is 14.1 Å². The van der Waals surface area contributed by atoms with Crippen LogP contribution in [0.1, 0.15) is 29.6 Å². The van der Waals surface area contributed by atoms with Gasteiger partial charge in [-0.1, -0.05) is 0 Å². The molecule has 0 unspecified atom stereocenters. The van der Waals surface area contributed by atoms with E-state index in [1.165, 1.54) is 6.07 Å². The maximum Gasteiger partial charge on any atom is 0.310 e. The first kappa shape index (κ1) is 15.2. The Labute approximate surface area is 122 Å². The predicted molar refractivity (Wildman–Crippen MR) is 77.4 cm³/mol. The van der Waals surface area contributed by atoms with E-state index < -0.39 is 16.4 Å². The minimum atomic E-state index is -0.688. The normalized spacial score (nSPS) is 16.3. The molecule has 7 nitrogen and oxygen atoms in total. The number of likely N-dealkylation sites (N-methyl/N-ethyl adjacent to an activating group) is 1. The summed E-state index contributed by atoms with van der Waals surface area (Å²) in [4.78, 5) is 24.1. The number of nitrogens with one attached hydrogen (secondary N) is 1. The summed E-state index contributed by atoms with van der Waals surface area (Å²) in [6.07, 6.45) is 3.21. The van der Waals surface area contributed by atoms with Crippen LogP contribution in [0.15, 0.2) is 18.2 Å². The fraction of sp³-hybridized carbons (Fsp3) is 0.500. The molecule has 1 saturated carbocycles. The topological polar surface area (TPSA) is 95.7 Å². The molecule has 0 aliphatic heterocycles. The minimum Gasteiger partial charge on any atom is -0.502 e. The standard InChI is InChI=1S/C14H19N3O4/c1-16(2)14(6-3-7-14)9-15-13(19)10-4-5-11(17(20)21)12(18)8-10/h4-5,8,18H,3,6-7,9H2,1-2H3,(H,15,19). The lowest BCUT2D eigenvalue weighted by Crippen LogP contribution is -2.57. The quantitative estimate of drug-likeness (QED) is 0.634. The number of aromatic hydroxyl groups is 1. The fourth-order valence-corrected chi connectivity index (χ4v) is 2.53. The Morgan fingerprint density at radius 2 is 2.14 bits per heavy atom. The third-order valence-corrected chi connectivity index (χ3v) is 4.25. The third-order valence-electron chi connectivity index (χ3n) is 4.25. The number of amides is 1. The summed E-state index contributed by atoms with van der Waals surface area (Å²) in [7, 11) is 3.98. The number of phenols is 1. The molecule has 0 radical (unpaired) electrons. The van der Waals surface area contributed by atoms with Crippen LogP contribution in [0.3, 0.4) is 0 Å². The molecule has 7 heteroatoms. The zero-order chi connectivity index (χ0) is 15.6. The van der Waals surface area contributed by atoms with Gasteiger partial charge in [-0.2, -0.15) is 0 Å². The Kier molecular flexibility index (Phi) is 4.13. The van der Waals surface area contributed by atoms with Crippen LogP contribution in [0, 0.1) is 10.1 Å². The Hall–Kier alpha value is -2.15. The van der Waals surface area contributed by atoms with Gasteiger partial charge in [-0.15, -0.1) is 0 Å². The van der Waals surface area contributed by atoms with Crippen molar-refractivity contribution < 1.29 is 14.8 Å². The van der Waals surface area contributed by atoms with Gasteiger partial charge in [0, 0.05) is 23.7 Å². The van der Waals surface area contributed by atoms with Gasteiger partial charge in [0.1, 0.15) is 0 Å². The second kappa shape index (κ2) is 5.69. The number of nitrogens with zero attached hydrogens (tertiary/aromatic N) is 2. The van der Waals surface area contributed by atoms with Crippen LogP contribution < -0.4 is 5.32 Å². The van der Waals surface area contributed by atoms with Gasteiger partial charge in [-0.25, -0.2) is 0 Å². The smallest absolute Gasteiger partial charge is 0.310 e. The van der Waals surface area contributed by atoms with Gasteiger partial charge >= 0.3 is 5.69 Å². The lowest BCUT2D eigenvalue weighted by molar-refractivity contribution is -0.385. The zero-order valence-electron chi connectivity index (χ0n) is 12.1. The number of nitro groups is 1. The molecular weight excluding hydrogens is 274 g/mol. The van der Waals surface area contributed by atoms with Crippen molar-refractivity contribution >= 4 is 11.6 Å². The molecular formula is C14H19N3O4. The highest BCUT2D eigenvalue weighted by atomic mass is 16.6. The Bertz CT molecular complexity index is 567. The first-order valence-electron chi connectivity index (χ1n) is 6.79. The van der Waals surface area contributed by atoms with Gasteiger partial charge in [0.05, 0.1) is 4.92 Å². The molecule has 114 valence electrons. The molecule has 1 amide bonds. The average molecular weight is 293 g/mol. The van der Waals surface area contributed by atoms with Crippen LogP contribution >= 0.6 is 0 Å². The van der Waals surface area contributed by atoms with Gasteiger partial charge in [-0.05, 0) is 45.5 Å². The number of rotatable bonds is 5. The van der Waals surface area contributed by atoms with E-state index in [-0.39, 0.29) is 17.0 Å². The van der Waals surface area contributed by atoms with E-state index in [2.05, 4.69) is 10.2 Å². The lowest BCUT2D eigenvalue weighted by Gasteiger charge is -2.47. The van der Waals surface area contributed by atoms with E-state index in [0.29, 0.717) is 6.54 Å². The Morgan fingerprint density at radius 3 is 2.57 bits per heavy atom. The van der Waals surface area contributed by atoms with Crippen molar-refractivity contribution in [1.29, 1.82) is 0 Å². The molecule has 2 N–H and O–H groups in total. The highest BCUT2D eigenvalue weighted by Gasteiger charge is 2.39. The molecule has 1 fully saturated rings. The summed E-state index contributed by atoms with van der Waals surface area (Å²) in [5.74, 6) is -0.841. The molecule has 0 saturated heterocycles. The van der Waals surface area contributed by atoms with Crippen LogP contribution in [-0.2, 0) is 0 Å². The van der Waals surface area contributed by atoms with Gasteiger partial charge in [-0.3, -0.25) is 14.9 Å². The van der Waals surface area contributed by atoms with E-state index in [4.69, 9.17) is 0 Å². The van der Waals surface area contributed by atoms with Crippen LogP contribution in [0.2, 0.25) is 0 Å². The number of carbonyl (C=O) groups excluding carboxylic acids is 1. The molecule has 1 aliphatic carbocycles. The fourth-order valence-electron chi connectivity index (χ4n) is 2.53. The van der Waals surface area contributed by atoms with Crippen molar-refractivity contribution in [3.05, 3.63) is 33.9 Å². The van der Waals surface area contributed by atoms with Crippen molar-refractivity contribution in [3.8, 4) is 5.75 Å². The van der Waals surface area contributed by atoms with E-state index in [0.717, 1.165) is 31.4 Å². The van der Waals surface area contributed by atoms with Crippen LogP contribution in [0.4, 0.5) is 5.69 Å². The summed E-state index contributed by atoms with van der Waals surface area (Å²) < 4.78 is 0. The first-order valence-corrected chi connectivity index (χ1v) is 6.79. The highest BCUT2D eigenvalue weighted by molar-refractivity contribution is 5.95. The van der Waals surface area contributed by atoms with Gasteiger partial charge in [0.2, 0.25) is 0 Å². The number of carbonyl (C=O) groups is 1. The summed E-state index contributed by atoms with van der Waals surface area (Å²) in [5.41, 5.74) is -0.194. The number of phenolic OH excluding ortho intramolecular Hbond substituents is 1. The van der Waals surface area contributed by atoms with E-state index in [9.17, 15) is 20.0 Å². The van der Waals surface area contributed by atoms with E-state index >= 15 is 0 Å². The van der Waals surface area contributed by atoms with Gasteiger partial charge < -0.3 is 15.3 Å². The molecule has 1 aromatic carbocycles. The maximum atomic E-state index is 12.1. The molecule has 2 rings (SSSR count). The number of nitro benzene ring substituents is 1. The van der Waals surface area contributed by atoms with Crippen molar-refractivity contribution in [2.75, 3.05) is 20.6 Å². The molecule has 21 heavy (non-hydrogen) atoms. The van der Waals surface area contributed by atoms with Crippen molar-refractivity contribution in [2.24, 2.45) is 0 Å². The Morgan fingerprint density at radius 1 is 1.48 bits per heavy atom. The summed E-state index contributed by atoms with van der Waals surface area (Å²) in [6.45, 7) is 0.524. The second-order valence-corrected chi connectivity index (χ2v) is 5.62. The van der Waals surface area contributed by atoms with Crippen molar-refractivity contribution in [1.82, 2.24) is 10.2 Å². The Balaban J connectivity index is 2.04. The zero-order valence-corrected chi connectivity index (χ0v) is 12.1. The van der Waals surface area contributed by atoms with E-state index in [1.54, 1.807) is 0 Å². The SMILES string of the molecule is CN(C)C1(CNC(=O)c2ccc([N+](=O)[O-])c(O)c2)CCC1. The molecule has 0 aromatic heterocycles. The third kappa shape index (κ3) is 2.97. The maximum absolute atomic E-state index is 12.1. The van der Waals surface area contributed by atoms with Crippen molar-refractivity contribution in [2.45, 2.75) is 24.8 Å². The van der Waals surface area contributed by atoms with Crippen LogP contribution in [-0.4, -0.2) is 47.0 Å².